The fraction of sp³-hybridized carbons (Fsp3) is 0.333. The van der Waals surface area contributed by atoms with E-state index in [0.717, 1.165) is 0 Å². The van der Waals surface area contributed by atoms with Crippen molar-refractivity contribution in [1.82, 2.24) is 0 Å². The Bertz CT molecular complexity index is 380. The summed E-state index contributed by atoms with van der Waals surface area (Å²) in [5.74, 6) is 0. The van der Waals surface area contributed by atoms with E-state index in [1.807, 2.05) is 0 Å². The van der Waals surface area contributed by atoms with E-state index in [0.29, 0.717) is 11.3 Å². The Labute approximate surface area is 62.4 Å². The van der Waals surface area contributed by atoms with Crippen LogP contribution in [-0.2, 0) is 6.37 Å². The van der Waals surface area contributed by atoms with Gasteiger partial charge < -0.3 is 5.11 Å². The Morgan fingerprint density at radius 3 is 3.38 bits per heavy atom. The van der Waals surface area contributed by atoms with E-state index in [9.17, 15) is 0 Å². The maximum atomic E-state index is 8.98. The van der Waals surface area contributed by atoms with E-state index >= 15 is 0 Å². The molecular weight excluding hydrogens is 120 g/mol. The normalized spacial score (nSPS) is 25.9. The van der Waals surface area contributed by atoms with Gasteiger partial charge >= 0.3 is 0 Å². The average Bonchev–Trinajstić information content (AvgIpc) is 2.31. The van der Waals surface area contributed by atoms with Crippen molar-refractivity contribution in [2.24, 2.45) is 0 Å². The van der Waals surface area contributed by atoms with E-state index in [1.165, 1.54) is 0 Å². The van der Waals surface area contributed by atoms with Gasteiger partial charge in [-0.05, 0) is 11.4 Å². The molecule has 0 unspecified atom stereocenters. The first kappa shape index (κ1) is 1.58. The van der Waals surface area contributed by atoms with Gasteiger partial charge in [-0.1, -0.05) is 6.04 Å². The third-order valence-electron chi connectivity index (χ3n) is 0.550. The van der Waals surface area contributed by atoms with Gasteiger partial charge in [-0.25, -0.2) is 0 Å². The molecule has 1 nitrogen and oxygen atoms in total. The second-order valence-electron chi connectivity index (χ2n) is 1.02. The van der Waals surface area contributed by atoms with E-state index < -0.39 is 29.9 Å². The zero-order valence-electron chi connectivity index (χ0n) is 10.9. The van der Waals surface area contributed by atoms with Crippen LogP contribution in [0.5, 0.6) is 0 Å². The molecule has 1 aromatic rings. The molecule has 0 aliphatic rings. The largest absolute Gasteiger partial charge is 0.396 e. The molecule has 2 heteroatoms. The van der Waals surface area contributed by atoms with Crippen molar-refractivity contribution in [2.45, 2.75) is 6.37 Å². The van der Waals surface area contributed by atoms with Crippen LogP contribution in [0.2, 0.25) is 0 Å². The number of hydrogen-bond acceptors (Lipinski definition) is 2. The lowest BCUT2D eigenvalue weighted by molar-refractivity contribution is 0.300. The van der Waals surface area contributed by atoms with Crippen LogP contribution in [0.3, 0.4) is 0 Å². The number of hydrogen-bond donors (Lipinski definition) is 1. The Morgan fingerprint density at radius 1 is 2.00 bits per heavy atom. The van der Waals surface area contributed by atoms with Gasteiger partial charge in [0.1, 0.15) is 0 Å². The maximum absolute atomic E-state index is 8.98. The summed E-state index contributed by atoms with van der Waals surface area (Å²) in [6.45, 7) is -3.15. The van der Waals surface area contributed by atoms with Crippen LogP contribution < -0.4 is 0 Å². The number of rotatable bonds is 2. The van der Waals surface area contributed by atoms with Crippen molar-refractivity contribution in [1.29, 1.82) is 0 Å². The summed E-state index contributed by atoms with van der Waals surface area (Å²) in [7, 11) is 0. The van der Waals surface area contributed by atoms with Gasteiger partial charge in [-0.2, -0.15) is 0 Å². The first-order chi connectivity index (χ1) is 6.59. The van der Waals surface area contributed by atoms with E-state index in [-0.39, 0.29) is 5.36 Å². The summed E-state index contributed by atoms with van der Waals surface area (Å²) >= 11 is 0.491. The zero-order valence-corrected chi connectivity index (χ0v) is 4.67. The van der Waals surface area contributed by atoms with Gasteiger partial charge in [0, 0.05) is 20.6 Å². The highest BCUT2D eigenvalue weighted by atomic mass is 32.1. The van der Waals surface area contributed by atoms with Crippen LogP contribution in [0, 0.1) is 0 Å². The predicted molar refractivity (Wildman–Crippen MR) is 35.1 cm³/mol. The molecule has 0 spiro atoms. The Morgan fingerprint density at radius 2 is 2.88 bits per heavy atom. The summed E-state index contributed by atoms with van der Waals surface area (Å²) in [4.78, 5) is -0.440. The minimum Gasteiger partial charge on any atom is -0.396 e. The topological polar surface area (TPSA) is 20.2 Å². The van der Waals surface area contributed by atoms with Crippen LogP contribution in [0.4, 0.5) is 0 Å². The molecule has 0 aliphatic carbocycles. The SMILES string of the molecule is [2H]c1sc(C([2H])([2H])C([2H])([2H])O)c([2H])c1[2H]. The lowest BCUT2D eigenvalue weighted by Crippen LogP contribution is -1.84. The number of aliphatic hydroxyl groups is 1. The van der Waals surface area contributed by atoms with Gasteiger partial charge in [0.25, 0.3) is 0 Å². The molecule has 1 rings (SSSR count). The second-order valence-corrected chi connectivity index (χ2v) is 1.84. The van der Waals surface area contributed by atoms with Gasteiger partial charge in [0.2, 0.25) is 0 Å². The molecule has 0 saturated carbocycles. The van der Waals surface area contributed by atoms with Gasteiger partial charge in [-0.15, -0.1) is 11.3 Å². The van der Waals surface area contributed by atoms with Crippen molar-refractivity contribution in [3.63, 3.8) is 0 Å². The van der Waals surface area contributed by atoms with E-state index in [1.54, 1.807) is 0 Å². The molecule has 8 heavy (non-hydrogen) atoms. The lowest BCUT2D eigenvalue weighted by atomic mass is 10.4. The van der Waals surface area contributed by atoms with Gasteiger partial charge in [-0.3, -0.25) is 0 Å². The van der Waals surface area contributed by atoms with Gasteiger partial charge in [0.15, 0.2) is 0 Å². The summed E-state index contributed by atoms with van der Waals surface area (Å²) in [5.41, 5.74) is 0. The molecule has 0 aliphatic heterocycles. The van der Waals surface area contributed by atoms with Crippen molar-refractivity contribution in [3.8, 4) is 0 Å². The third-order valence-corrected chi connectivity index (χ3v) is 1.16. The molecule has 1 N–H and O–H groups in total. The van der Waals surface area contributed by atoms with Crippen LogP contribution in [0.25, 0.3) is 0 Å². The van der Waals surface area contributed by atoms with Crippen LogP contribution in [0.1, 0.15) is 14.5 Å². The molecule has 0 saturated heterocycles. The molecule has 0 bridgehead atoms. The first-order valence-corrected chi connectivity index (χ1v) is 2.70. The minimum atomic E-state index is -3.15. The quantitative estimate of drug-likeness (QED) is 0.647. The molecular formula is C6H8OS. The van der Waals surface area contributed by atoms with E-state index in [4.69, 9.17) is 14.7 Å². The Balaban J connectivity index is 3.34. The standard InChI is InChI=1S/C6H8OS/c7-4-3-6-2-1-5-8-6/h1-2,5,7H,3-4H2/i1D,2D,3D2,4D2,5D. The Hall–Kier alpha value is -0.340. The summed E-state index contributed by atoms with van der Waals surface area (Å²) < 4.78 is 50.2. The number of thiophene rings is 1. The molecule has 1 heterocycles. The van der Waals surface area contributed by atoms with E-state index in [2.05, 4.69) is 0 Å². The molecule has 0 aromatic carbocycles. The van der Waals surface area contributed by atoms with Crippen LogP contribution >= 0.6 is 11.3 Å². The third kappa shape index (κ3) is 1.32. The molecule has 0 fully saturated rings. The Kier molecular flexibility index (Phi) is 0.562. The predicted octanol–water partition coefficient (Wildman–Crippen LogP) is 1.28. The zero-order chi connectivity index (χ0) is 12.0. The monoisotopic (exact) mass is 135 g/mol. The van der Waals surface area contributed by atoms with Gasteiger partial charge in [0.05, 0.1) is 6.85 Å². The number of aryl methyl sites for hydroxylation is 1. The molecule has 0 radical (unpaired) electrons. The van der Waals surface area contributed by atoms with Crippen molar-refractivity contribution in [2.75, 3.05) is 6.56 Å². The maximum Gasteiger partial charge on any atom is 0.0740 e. The minimum absolute atomic E-state index is 0.317. The lowest BCUT2D eigenvalue weighted by Gasteiger charge is -1.85. The molecule has 0 amide bonds. The molecule has 1 aromatic heterocycles. The van der Waals surface area contributed by atoms with Crippen molar-refractivity contribution in [3.05, 3.63) is 22.3 Å². The fourth-order valence-corrected chi connectivity index (χ4v) is 0.695. The molecule has 0 atom stereocenters. The molecule has 44 valence electrons. The van der Waals surface area contributed by atoms with Crippen molar-refractivity contribution < 1.29 is 14.7 Å². The first-order valence-electron chi connectivity index (χ1n) is 5.38. The second kappa shape index (κ2) is 2.84. The van der Waals surface area contributed by atoms with Crippen LogP contribution in [-0.4, -0.2) is 11.7 Å². The highest BCUT2D eigenvalue weighted by Crippen LogP contribution is 2.07. The van der Waals surface area contributed by atoms with Crippen LogP contribution in [0.15, 0.2) is 17.4 Å². The smallest absolute Gasteiger partial charge is 0.0740 e. The highest BCUT2D eigenvalue weighted by molar-refractivity contribution is 7.09. The highest BCUT2D eigenvalue weighted by Gasteiger charge is 1.87. The summed E-state index contributed by atoms with van der Waals surface area (Å²) in [6, 6.07) is -1.00. The summed E-state index contributed by atoms with van der Waals surface area (Å²) in [5, 5.41) is 8.67. The van der Waals surface area contributed by atoms with Crippen molar-refractivity contribution >= 4 is 11.3 Å². The average molecular weight is 135 g/mol. The summed E-state index contributed by atoms with van der Waals surface area (Å²) in [6.07, 6.45) is -2.79. The fourth-order valence-electron chi connectivity index (χ4n) is 0.292.